The van der Waals surface area contributed by atoms with E-state index in [0.29, 0.717) is 0 Å². The predicted molar refractivity (Wildman–Crippen MR) is 69.8 cm³/mol. The van der Waals surface area contributed by atoms with E-state index < -0.39 is 15.9 Å². The molecule has 0 spiro atoms. The first-order valence-electron chi connectivity index (χ1n) is 5.49. The molecule has 1 amide bonds. The van der Waals surface area contributed by atoms with Gasteiger partial charge in [-0.3, -0.25) is 4.79 Å². The number of primary amides is 1. The standard InChI is InChI=1S/C10H15ClN4O3S/c1-7(2)5-15(6-9(12)16)19(17,18)8-3-13-10(11)14-4-8/h3-4,7H,5-6H2,1-2H3,(H2,12,16). The molecular formula is C10H15ClN4O3S. The minimum atomic E-state index is -3.86. The maximum Gasteiger partial charge on any atom is 0.246 e. The summed E-state index contributed by atoms with van der Waals surface area (Å²) in [6.45, 7) is 3.46. The van der Waals surface area contributed by atoms with Crippen LogP contribution in [-0.2, 0) is 14.8 Å². The molecule has 9 heteroatoms. The van der Waals surface area contributed by atoms with Gasteiger partial charge in [0.05, 0.1) is 18.9 Å². The zero-order valence-corrected chi connectivity index (χ0v) is 12.1. The fourth-order valence-corrected chi connectivity index (χ4v) is 2.97. The Morgan fingerprint density at radius 3 is 2.37 bits per heavy atom. The molecule has 0 aromatic carbocycles. The SMILES string of the molecule is CC(C)CN(CC(N)=O)S(=O)(=O)c1cnc(Cl)nc1. The van der Waals surface area contributed by atoms with E-state index in [9.17, 15) is 13.2 Å². The van der Waals surface area contributed by atoms with Crippen molar-refractivity contribution >= 4 is 27.5 Å². The first-order valence-corrected chi connectivity index (χ1v) is 7.31. The minimum absolute atomic E-state index is 0.0438. The monoisotopic (exact) mass is 306 g/mol. The van der Waals surface area contributed by atoms with Crippen LogP contribution in [0.4, 0.5) is 0 Å². The molecular weight excluding hydrogens is 292 g/mol. The summed E-state index contributed by atoms with van der Waals surface area (Å²) >= 11 is 5.51. The van der Waals surface area contributed by atoms with Crippen molar-refractivity contribution in [2.24, 2.45) is 11.7 Å². The van der Waals surface area contributed by atoms with E-state index in [-0.39, 0.29) is 29.2 Å². The summed E-state index contributed by atoms with van der Waals surface area (Å²) in [5.41, 5.74) is 5.07. The van der Waals surface area contributed by atoms with Crippen molar-refractivity contribution in [3.63, 3.8) is 0 Å². The van der Waals surface area contributed by atoms with Crippen LogP contribution in [0.15, 0.2) is 17.3 Å². The third-order valence-corrected chi connectivity index (χ3v) is 4.10. The molecule has 19 heavy (non-hydrogen) atoms. The Balaban J connectivity index is 3.11. The van der Waals surface area contributed by atoms with E-state index in [1.165, 1.54) is 0 Å². The highest BCUT2D eigenvalue weighted by Gasteiger charge is 2.27. The smallest absolute Gasteiger partial charge is 0.246 e. The average Bonchev–Trinajstić information content (AvgIpc) is 2.27. The number of amides is 1. The first kappa shape index (κ1) is 15.8. The van der Waals surface area contributed by atoms with Crippen LogP contribution in [0.2, 0.25) is 5.28 Å². The summed E-state index contributed by atoms with van der Waals surface area (Å²) in [4.78, 5) is 18.1. The van der Waals surface area contributed by atoms with Crippen LogP contribution in [0.1, 0.15) is 13.8 Å². The lowest BCUT2D eigenvalue weighted by molar-refractivity contribution is -0.118. The van der Waals surface area contributed by atoms with Gasteiger partial charge in [0, 0.05) is 6.54 Å². The molecule has 0 aliphatic heterocycles. The number of carbonyl (C=O) groups excluding carboxylic acids is 1. The Hall–Kier alpha value is -1.25. The van der Waals surface area contributed by atoms with Crippen LogP contribution >= 0.6 is 11.6 Å². The Morgan fingerprint density at radius 2 is 1.95 bits per heavy atom. The number of hydrogen-bond donors (Lipinski definition) is 1. The van der Waals surface area contributed by atoms with E-state index >= 15 is 0 Å². The minimum Gasteiger partial charge on any atom is -0.369 e. The fourth-order valence-electron chi connectivity index (χ4n) is 1.41. The Morgan fingerprint density at radius 1 is 1.42 bits per heavy atom. The van der Waals surface area contributed by atoms with Crippen molar-refractivity contribution in [1.82, 2.24) is 14.3 Å². The molecule has 0 saturated heterocycles. The molecule has 0 aliphatic rings. The third-order valence-electron chi connectivity index (χ3n) is 2.14. The van der Waals surface area contributed by atoms with Gasteiger partial charge in [0.25, 0.3) is 0 Å². The molecule has 0 fully saturated rings. The zero-order chi connectivity index (χ0) is 14.6. The van der Waals surface area contributed by atoms with Crippen LogP contribution in [-0.4, -0.2) is 41.7 Å². The van der Waals surface area contributed by atoms with E-state index in [0.717, 1.165) is 16.7 Å². The molecule has 1 rings (SSSR count). The van der Waals surface area contributed by atoms with E-state index in [1.807, 2.05) is 13.8 Å². The van der Waals surface area contributed by atoms with E-state index in [1.54, 1.807) is 0 Å². The summed E-state index contributed by atoms with van der Waals surface area (Å²) < 4.78 is 25.6. The number of halogens is 1. The summed E-state index contributed by atoms with van der Waals surface area (Å²) in [5.74, 6) is -0.679. The summed E-state index contributed by atoms with van der Waals surface area (Å²) in [6, 6.07) is 0. The van der Waals surface area contributed by atoms with Gasteiger partial charge in [0.15, 0.2) is 0 Å². The average molecular weight is 307 g/mol. The molecule has 1 aromatic heterocycles. The number of nitrogens with two attached hydrogens (primary N) is 1. The first-order chi connectivity index (χ1) is 8.73. The predicted octanol–water partition coefficient (Wildman–Crippen LogP) is 0.262. The van der Waals surface area contributed by atoms with Crippen LogP contribution in [0, 0.1) is 5.92 Å². The van der Waals surface area contributed by atoms with Gasteiger partial charge in [-0.2, -0.15) is 4.31 Å². The van der Waals surface area contributed by atoms with Crippen molar-refractivity contribution in [2.45, 2.75) is 18.7 Å². The number of aromatic nitrogens is 2. The van der Waals surface area contributed by atoms with E-state index in [4.69, 9.17) is 17.3 Å². The van der Waals surface area contributed by atoms with Gasteiger partial charge in [0.1, 0.15) is 4.90 Å². The topological polar surface area (TPSA) is 106 Å². The normalized spacial score (nSPS) is 12.1. The fraction of sp³-hybridized carbons (Fsp3) is 0.500. The Kier molecular flexibility index (Phi) is 5.21. The lowest BCUT2D eigenvalue weighted by Crippen LogP contribution is -2.40. The second-order valence-electron chi connectivity index (χ2n) is 4.35. The lowest BCUT2D eigenvalue weighted by Gasteiger charge is -2.22. The van der Waals surface area contributed by atoms with Crippen molar-refractivity contribution in [1.29, 1.82) is 0 Å². The van der Waals surface area contributed by atoms with Crippen molar-refractivity contribution in [3.8, 4) is 0 Å². The van der Waals surface area contributed by atoms with Crippen LogP contribution in [0.5, 0.6) is 0 Å². The molecule has 0 radical (unpaired) electrons. The lowest BCUT2D eigenvalue weighted by atomic mass is 10.2. The molecule has 7 nitrogen and oxygen atoms in total. The molecule has 0 bridgehead atoms. The van der Waals surface area contributed by atoms with Crippen molar-refractivity contribution < 1.29 is 13.2 Å². The van der Waals surface area contributed by atoms with Crippen LogP contribution < -0.4 is 5.73 Å². The number of hydrogen-bond acceptors (Lipinski definition) is 5. The molecule has 0 unspecified atom stereocenters. The second-order valence-corrected chi connectivity index (χ2v) is 6.62. The highest BCUT2D eigenvalue weighted by atomic mass is 35.5. The third kappa shape index (κ3) is 4.41. The Labute approximate surface area is 116 Å². The van der Waals surface area contributed by atoms with Gasteiger partial charge in [-0.1, -0.05) is 13.8 Å². The van der Waals surface area contributed by atoms with Gasteiger partial charge in [0.2, 0.25) is 21.2 Å². The largest absolute Gasteiger partial charge is 0.369 e. The summed E-state index contributed by atoms with van der Waals surface area (Å²) in [5, 5.41) is -0.0516. The maximum absolute atomic E-state index is 12.3. The molecule has 2 N–H and O–H groups in total. The number of rotatable bonds is 6. The summed E-state index contributed by atoms with van der Waals surface area (Å²) in [6.07, 6.45) is 2.19. The van der Waals surface area contributed by atoms with Gasteiger partial charge in [-0.15, -0.1) is 0 Å². The number of sulfonamides is 1. The molecule has 1 heterocycles. The number of nitrogens with zero attached hydrogens (tertiary/aromatic N) is 3. The molecule has 0 saturated carbocycles. The molecule has 1 aromatic rings. The van der Waals surface area contributed by atoms with Gasteiger partial charge in [-0.25, -0.2) is 18.4 Å². The molecule has 0 atom stereocenters. The quantitative estimate of drug-likeness (QED) is 0.759. The second kappa shape index (κ2) is 6.27. The Bertz CT molecular complexity index is 544. The highest BCUT2D eigenvalue weighted by molar-refractivity contribution is 7.89. The number of carbonyl (C=O) groups is 1. The molecule has 106 valence electrons. The highest BCUT2D eigenvalue weighted by Crippen LogP contribution is 2.16. The van der Waals surface area contributed by atoms with Gasteiger partial charge < -0.3 is 5.73 Å². The van der Waals surface area contributed by atoms with Gasteiger partial charge in [-0.05, 0) is 17.5 Å². The van der Waals surface area contributed by atoms with Crippen molar-refractivity contribution in [2.75, 3.05) is 13.1 Å². The van der Waals surface area contributed by atoms with Crippen molar-refractivity contribution in [3.05, 3.63) is 17.7 Å². The molecule has 0 aliphatic carbocycles. The maximum atomic E-state index is 12.3. The zero-order valence-electron chi connectivity index (χ0n) is 10.6. The van der Waals surface area contributed by atoms with E-state index in [2.05, 4.69) is 9.97 Å². The summed E-state index contributed by atoms with van der Waals surface area (Å²) in [7, 11) is -3.86. The van der Waals surface area contributed by atoms with Crippen LogP contribution in [0.25, 0.3) is 0 Å². The van der Waals surface area contributed by atoms with Crippen LogP contribution in [0.3, 0.4) is 0 Å². The van der Waals surface area contributed by atoms with Gasteiger partial charge >= 0.3 is 0 Å².